The van der Waals surface area contributed by atoms with E-state index in [0.29, 0.717) is 6.54 Å². The molecule has 1 aromatic carbocycles. The number of alkyl halides is 3. The van der Waals surface area contributed by atoms with Crippen LogP contribution in [0.3, 0.4) is 0 Å². The van der Waals surface area contributed by atoms with Crippen molar-refractivity contribution >= 4 is 29.7 Å². The Morgan fingerprint density at radius 1 is 1.29 bits per heavy atom. The molecular formula is C14H13F3N2O4S. The van der Waals surface area contributed by atoms with Gasteiger partial charge < -0.3 is 10.1 Å². The van der Waals surface area contributed by atoms with Crippen molar-refractivity contribution in [3.63, 3.8) is 0 Å². The van der Waals surface area contributed by atoms with E-state index in [1.54, 1.807) is 0 Å². The molecule has 2 rings (SSSR count). The molecule has 1 fully saturated rings. The van der Waals surface area contributed by atoms with Crippen LogP contribution in [0, 0.1) is 0 Å². The van der Waals surface area contributed by atoms with E-state index in [1.165, 1.54) is 19.1 Å². The maximum absolute atomic E-state index is 12.2. The molecule has 6 nitrogen and oxygen atoms in total. The minimum Gasteiger partial charge on any atom is -0.449 e. The molecule has 10 heteroatoms. The first kappa shape index (κ1) is 18.1. The highest BCUT2D eigenvalue weighted by molar-refractivity contribution is 8.00. The van der Waals surface area contributed by atoms with E-state index < -0.39 is 29.5 Å². The quantitative estimate of drug-likeness (QED) is 0.658. The molecule has 1 saturated heterocycles. The van der Waals surface area contributed by atoms with E-state index >= 15 is 0 Å². The van der Waals surface area contributed by atoms with Gasteiger partial charge in [-0.05, 0) is 43.0 Å². The van der Waals surface area contributed by atoms with Gasteiger partial charge in [0.2, 0.25) is 0 Å². The van der Waals surface area contributed by atoms with Crippen molar-refractivity contribution in [2.24, 2.45) is 0 Å². The Balaban J connectivity index is 1.96. The maximum atomic E-state index is 12.2. The summed E-state index contributed by atoms with van der Waals surface area (Å²) < 4.78 is 41.7. The van der Waals surface area contributed by atoms with Gasteiger partial charge in [-0.3, -0.25) is 9.69 Å². The van der Waals surface area contributed by atoms with Crippen LogP contribution in [0.15, 0.2) is 29.2 Å². The lowest BCUT2D eigenvalue weighted by molar-refractivity contribution is -0.136. The van der Waals surface area contributed by atoms with Crippen LogP contribution in [0.1, 0.15) is 17.3 Å². The van der Waals surface area contributed by atoms with Gasteiger partial charge in [-0.15, -0.1) is 0 Å². The van der Waals surface area contributed by atoms with Crippen molar-refractivity contribution in [3.8, 4) is 0 Å². The Morgan fingerprint density at radius 2 is 1.92 bits per heavy atom. The van der Waals surface area contributed by atoms with E-state index in [9.17, 15) is 27.6 Å². The molecule has 0 aliphatic carbocycles. The molecule has 0 unspecified atom stereocenters. The summed E-state index contributed by atoms with van der Waals surface area (Å²) in [4.78, 5) is 36.2. The van der Waals surface area contributed by atoms with Crippen LogP contribution in [0.25, 0.3) is 0 Å². The molecule has 0 radical (unpaired) electrons. The number of carbonyl (C=O) groups excluding carboxylic acids is 3. The average Bonchev–Trinajstić information content (AvgIpc) is 2.91. The zero-order valence-electron chi connectivity index (χ0n) is 12.4. The summed E-state index contributed by atoms with van der Waals surface area (Å²) in [6, 6.07) is 4.06. The van der Waals surface area contributed by atoms with Crippen LogP contribution in [-0.2, 0) is 9.53 Å². The van der Waals surface area contributed by atoms with E-state index in [4.69, 9.17) is 4.74 Å². The number of hydrogen-bond acceptors (Lipinski definition) is 5. The maximum Gasteiger partial charge on any atom is 0.446 e. The highest BCUT2D eigenvalue weighted by Gasteiger charge is 2.32. The first-order chi connectivity index (χ1) is 11.2. The molecule has 1 aliphatic heterocycles. The van der Waals surface area contributed by atoms with Crippen molar-refractivity contribution in [1.82, 2.24) is 10.2 Å². The third-order valence-corrected chi connectivity index (χ3v) is 3.82. The largest absolute Gasteiger partial charge is 0.449 e. The number of rotatable bonds is 4. The molecule has 1 atom stereocenters. The van der Waals surface area contributed by atoms with E-state index in [0.717, 1.165) is 17.0 Å². The first-order valence-electron chi connectivity index (χ1n) is 6.83. The number of benzene rings is 1. The number of hydrogen-bond donors (Lipinski definition) is 1. The second kappa shape index (κ2) is 7.12. The lowest BCUT2D eigenvalue weighted by atomic mass is 10.2. The zero-order valence-corrected chi connectivity index (χ0v) is 13.2. The van der Waals surface area contributed by atoms with Crippen molar-refractivity contribution in [1.29, 1.82) is 0 Å². The minimum absolute atomic E-state index is 0.00653. The number of nitrogens with one attached hydrogen (secondary N) is 1. The molecule has 1 N–H and O–H groups in total. The van der Waals surface area contributed by atoms with E-state index in [1.807, 2.05) is 0 Å². The minimum atomic E-state index is -4.42. The van der Waals surface area contributed by atoms with Crippen molar-refractivity contribution in [3.05, 3.63) is 29.8 Å². The fraction of sp³-hybridized carbons (Fsp3) is 0.357. The summed E-state index contributed by atoms with van der Waals surface area (Å²) in [5.74, 6) is -1.53. The Bertz CT molecular complexity index is 648. The predicted octanol–water partition coefficient (Wildman–Crippen LogP) is 2.40. The van der Waals surface area contributed by atoms with Gasteiger partial charge in [0, 0.05) is 18.0 Å². The van der Waals surface area contributed by atoms with E-state index in [2.05, 4.69) is 5.32 Å². The molecule has 0 aromatic heterocycles. The predicted molar refractivity (Wildman–Crippen MR) is 78.3 cm³/mol. The van der Waals surface area contributed by atoms with Crippen molar-refractivity contribution in [2.45, 2.75) is 23.4 Å². The molecule has 1 heterocycles. The summed E-state index contributed by atoms with van der Waals surface area (Å²) in [7, 11) is 0. The van der Waals surface area contributed by atoms with Gasteiger partial charge in [0.25, 0.3) is 5.91 Å². The molecule has 1 aromatic rings. The molecule has 3 amide bonds. The van der Waals surface area contributed by atoms with E-state index in [-0.39, 0.29) is 28.8 Å². The Morgan fingerprint density at radius 3 is 2.42 bits per heavy atom. The fourth-order valence-corrected chi connectivity index (χ4v) is 2.51. The highest BCUT2D eigenvalue weighted by Crippen LogP contribution is 2.36. The SMILES string of the molecule is C[C@H](OC(=O)c1ccc(SC(F)(F)F)cc1)C(=O)N1CCNC1=O. The third kappa shape index (κ3) is 4.63. The standard InChI is InChI=1S/C14H13F3N2O4S/c1-8(11(20)19-7-6-18-13(19)22)23-12(21)9-2-4-10(5-3-9)24-14(15,16)17/h2-5,8H,6-7H2,1H3,(H,18,22)/t8-/m0/s1. The zero-order chi connectivity index (χ0) is 17.9. The van der Waals surface area contributed by atoms with Crippen molar-refractivity contribution < 1.29 is 32.3 Å². The number of ether oxygens (including phenoxy) is 1. The molecule has 24 heavy (non-hydrogen) atoms. The van der Waals surface area contributed by atoms with Crippen LogP contribution < -0.4 is 5.32 Å². The smallest absolute Gasteiger partial charge is 0.446 e. The fourth-order valence-electron chi connectivity index (χ4n) is 1.97. The molecule has 130 valence electrons. The molecule has 0 spiro atoms. The van der Waals surface area contributed by atoms with Gasteiger partial charge in [0.05, 0.1) is 5.56 Å². The van der Waals surface area contributed by atoms with Crippen LogP contribution in [0.4, 0.5) is 18.0 Å². The van der Waals surface area contributed by atoms with Gasteiger partial charge in [-0.1, -0.05) is 0 Å². The molecular weight excluding hydrogens is 349 g/mol. The van der Waals surface area contributed by atoms with Crippen LogP contribution in [0.5, 0.6) is 0 Å². The lowest BCUT2D eigenvalue weighted by Gasteiger charge is -2.18. The number of esters is 1. The summed E-state index contributed by atoms with van der Waals surface area (Å²) in [6.45, 7) is 1.83. The van der Waals surface area contributed by atoms with Gasteiger partial charge in [0.1, 0.15) is 0 Å². The number of nitrogens with zero attached hydrogens (tertiary/aromatic N) is 1. The second-order valence-corrected chi connectivity index (χ2v) is 5.98. The van der Waals surface area contributed by atoms with Gasteiger partial charge >= 0.3 is 17.5 Å². The summed E-state index contributed by atoms with van der Waals surface area (Å²) in [5, 5.41) is 2.45. The summed E-state index contributed by atoms with van der Waals surface area (Å²) in [5.41, 5.74) is -4.41. The molecule has 1 aliphatic rings. The Labute approximate surface area is 139 Å². The number of urea groups is 1. The number of carbonyl (C=O) groups is 3. The monoisotopic (exact) mass is 362 g/mol. The highest BCUT2D eigenvalue weighted by atomic mass is 32.2. The average molecular weight is 362 g/mol. The topological polar surface area (TPSA) is 75.7 Å². The Hall–Kier alpha value is -2.23. The molecule has 0 saturated carbocycles. The number of thioether (sulfide) groups is 1. The number of amides is 3. The van der Waals surface area contributed by atoms with Crippen LogP contribution in [-0.4, -0.2) is 47.5 Å². The normalized spacial score (nSPS) is 15.8. The molecule has 0 bridgehead atoms. The number of imide groups is 1. The van der Waals surface area contributed by atoms with Gasteiger partial charge in [0.15, 0.2) is 6.10 Å². The summed E-state index contributed by atoms with van der Waals surface area (Å²) >= 11 is -0.300. The van der Waals surface area contributed by atoms with Gasteiger partial charge in [-0.25, -0.2) is 9.59 Å². The second-order valence-electron chi connectivity index (χ2n) is 4.84. The van der Waals surface area contributed by atoms with Crippen LogP contribution in [0.2, 0.25) is 0 Å². The lowest BCUT2D eigenvalue weighted by Crippen LogP contribution is -2.41. The van der Waals surface area contributed by atoms with Gasteiger partial charge in [-0.2, -0.15) is 13.2 Å². The first-order valence-corrected chi connectivity index (χ1v) is 7.65. The summed E-state index contributed by atoms with van der Waals surface area (Å²) in [6.07, 6.45) is -1.19. The third-order valence-electron chi connectivity index (χ3n) is 3.08. The van der Waals surface area contributed by atoms with Crippen molar-refractivity contribution in [2.75, 3.05) is 13.1 Å². The Kier molecular flexibility index (Phi) is 5.37. The number of halogens is 3. The van der Waals surface area contributed by atoms with Crippen LogP contribution >= 0.6 is 11.8 Å².